The summed E-state index contributed by atoms with van der Waals surface area (Å²) in [6, 6.07) is 5.29. The molecule has 0 aliphatic rings. The Morgan fingerprint density at radius 2 is 1.88 bits per heavy atom. The van der Waals surface area contributed by atoms with Gasteiger partial charge in [0.1, 0.15) is 5.82 Å². The fourth-order valence-electron chi connectivity index (χ4n) is 3.30. The summed E-state index contributed by atoms with van der Waals surface area (Å²) in [6.45, 7) is 8.18. The van der Waals surface area contributed by atoms with Crippen molar-refractivity contribution in [2.24, 2.45) is 5.92 Å². The minimum Gasteiger partial charge on any atom is -0.493 e. The normalized spacial score (nSPS) is 11.4. The van der Waals surface area contributed by atoms with Crippen LogP contribution in [0.1, 0.15) is 33.3 Å². The molecule has 0 bridgehead atoms. The summed E-state index contributed by atoms with van der Waals surface area (Å²) in [7, 11) is 3.02. The molecule has 0 aliphatic carbocycles. The Kier molecular flexibility index (Phi) is 9.49. The van der Waals surface area contributed by atoms with E-state index >= 15 is 0 Å². The zero-order chi connectivity index (χ0) is 25.4. The van der Waals surface area contributed by atoms with Gasteiger partial charge in [-0.25, -0.2) is 4.79 Å². The molecular weight excluding hydrogens is 440 g/mol. The maximum absolute atomic E-state index is 13.1. The van der Waals surface area contributed by atoms with E-state index in [2.05, 4.69) is 4.98 Å². The number of ether oxygens (including phenoxy) is 3. The highest BCUT2D eigenvalue weighted by Gasteiger charge is 2.23. The predicted octanol–water partition coefficient (Wildman–Crippen LogP) is 2.26. The van der Waals surface area contributed by atoms with Gasteiger partial charge in [-0.15, -0.1) is 0 Å². The van der Waals surface area contributed by atoms with E-state index in [9.17, 15) is 14.4 Å². The Balaban J connectivity index is 2.44. The van der Waals surface area contributed by atoms with Gasteiger partial charge in [0.05, 0.1) is 19.8 Å². The molecule has 2 aromatic rings. The molecule has 0 spiro atoms. The first kappa shape index (κ1) is 26.7. The van der Waals surface area contributed by atoms with Crippen LogP contribution in [0.3, 0.4) is 0 Å². The van der Waals surface area contributed by atoms with Gasteiger partial charge < -0.3 is 19.9 Å². The van der Waals surface area contributed by atoms with Gasteiger partial charge in [0.25, 0.3) is 11.5 Å². The smallest absolute Gasteiger partial charge is 0.330 e. The highest BCUT2D eigenvalue weighted by molar-refractivity contribution is 6.05. The standard InChI is InChI=1S/C24H34N4O6/c1-15(2)14-28-22(25)21(23(30)26-24(28)31)27(11-12-32-5)20(29)10-8-17-7-9-18(34-16(3)4)19(13-17)33-6/h7-10,13,15-16H,11-12,14,25H2,1-6H3,(H,26,30,31)/b10-8+. The van der Waals surface area contributed by atoms with Gasteiger partial charge in [0.15, 0.2) is 17.2 Å². The van der Waals surface area contributed by atoms with E-state index in [0.29, 0.717) is 23.6 Å². The summed E-state index contributed by atoms with van der Waals surface area (Å²) in [6.07, 6.45) is 2.90. The second kappa shape index (κ2) is 12.1. The number of rotatable bonds is 11. The summed E-state index contributed by atoms with van der Waals surface area (Å²) in [4.78, 5) is 41.5. The minimum atomic E-state index is -0.739. The van der Waals surface area contributed by atoms with E-state index in [4.69, 9.17) is 19.9 Å². The molecule has 1 aromatic heterocycles. The quantitative estimate of drug-likeness (QED) is 0.478. The Labute approximate surface area is 198 Å². The molecular formula is C24H34N4O6. The number of amides is 1. The van der Waals surface area contributed by atoms with Crippen molar-refractivity contribution in [3.8, 4) is 11.5 Å². The van der Waals surface area contributed by atoms with Gasteiger partial charge in [0, 0.05) is 26.3 Å². The number of aromatic amines is 1. The van der Waals surface area contributed by atoms with Crippen LogP contribution in [0.25, 0.3) is 6.08 Å². The number of anilines is 2. The van der Waals surface area contributed by atoms with E-state index in [-0.39, 0.29) is 36.7 Å². The number of nitrogens with one attached hydrogen (secondary N) is 1. The van der Waals surface area contributed by atoms with Gasteiger partial charge >= 0.3 is 5.69 Å². The summed E-state index contributed by atoms with van der Waals surface area (Å²) < 4.78 is 17.5. The maximum Gasteiger partial charge on any atom is 0.330 e. The number of benzene rings is 1. The van der Waals surface area contributed by atoms with Crippen molar-refractivity contribution < 1.29 is 19.0 Å². The van der Waals surface area contributed by atoms with Crippen LogP contribution in [0.4, 0.5) is 11.5 Å². The Morgan fingerprint density at radius 1 is 1.18 bits per heavy atom. The molecule has 0 saturated carbocycles. The fourth-order valence-corrected chi connectivity index (χ4v) is 3.30. The van der Waals surface area contributed by atoms with Crippen molar-refractivity contribution in [2.45, 2.75) is 40.3 Å². The second-order valence-electron chi connectivity index (χ2n) is 8.39. The molecule has 3 N–H and O–H groups in total. The predicted molar refractivity (Wildman–Crippen MR) is 133 cm³/mol. The number of hydrogen-bond donors (Lipinski definition) is 2. The van der Waals surface area contributed by atoms with Crippen LogP contribution < -0.4 is 31.4 Å². The maximum atomic E-state index is 13.1. The average Bonchev–Trinajstić information content (AvgIpc) is 2.77. The third-order valence-corrected chi connectivity index (χ3v) is 4.79. The number of carbonyl (C=O) groups is 1. The Bertz CT molecular complexity index is 1130. The van der Waals surface area contributed by atoms with Gasteiger partial charge in [0.2, 0.25) is 0 Å². The SMILES string of the molecule is COCCN(C(=O)/C=C/c1ccc(OC(C)C)c(OC)c1)c1c(N)n(CC(C)C)c(=O)[nH]c1=O. The summed E-state index contributed by atoms with van der Waals surface area (Å²) >= 11 is 0. The van der Waals surface area contributed by atoms with Gasteiger partial charge in [-0.3, -0.25) is 24.0 Å². The Hall–Kier alpha value is -3.53. The van der Waals surface area contributed by atoms with E-state index in [1.807, 2.05) is 27.7 Å². The van der Waals surface area contributed by atoms with Crippen LogP contribution >= 0.6 is 0 Å². The van der Waals surface area contributed by atoms with Crippen molar-refractivity contribution in [3.05, 3.63) is 50.7 Å². The van der Waals surface area contributed by atoms with Gasteiger partial charge in [-0.2, -0.15) is 0 Å². The lowest BCUT2D eigenvalue weighted by molar-refractivity contribution is -0.114. The van der Waals surface area contributed by atoms with Gasteiger partial charge in [-0.1, -0.05) is 19.9 Å². The van der Waals surface area contributed by atoms with E-state index in [1.165, 1.54) is 29.8 Å². The first-order chi connectivity index (χ1) is 16.1. The lowest BCUT2D eigenvalue weighted by Crippen LogP contribution is -2.42. The molecule has 0 fully saturated rings. The summed E-state index contributed by atoms with van der Waals surface area (Å²) in [5.41, 5.74) is 5.44. The van der Waals surface area contributed by atoms with E-state index in [0.717, 1.165) is 0 Å². The van der Waals surface area contributed by atoms with Crippen molar-refractivity contribution >= 4 is 23.5 Å². The van der Waals surface area contributed by atoms with Crippen LogP contribution in [0.2, 0.25) is 0 Å². The molecule has 10 heteroatoms. The minimum absolute atomic E-state index is 0.0197. The molecule has 1 aromatic carbocycles. The molecule has 0 radical (unpaired) electrons. The number of carbonyl (C=O) groups excluding carboxylic acids is 1. The molecule has 0 atom stereocenters. The average molecular weight is 475 g/mol. The van der Waals surface area contributed by atoms with E-state index in [1.54, 1.807) is 24.3 Å². The molecule has 186 valence electrons. The summed E-state index contributed by atoms with van der Waals surface area (Å²) in [5.74, 6) is 0.650. The number of nitrogens with two attached hydrogens (primary N) is 1. The molecule has 0 unspecified atom stereocenters. The molecule has 1 heterocycles. The Morgan fingerprint density at radius 3 is 2.47 bits per heavy atom. The lowest BCUT2D eigenvalue weighted by atomic mass is 10.1. The number of methoxy groups -OCH3 is 2. The zero-order valence-corrected chi connectivity index (χ0v) is 20.6. The number of hydrogen-bond acceptors (Lipinski definition) is 7. The van der Waals surface area contributed by atoms with Crippen molar-refractivity contribution in [1.29, 1.82) is 0 Å². The van der Waals surface area contributed by atoms with Crippen LogP contribution in [0.15, 0.2) is 33.9 Å². The molecule has 0 aliphatic heterocycles. The number of aromatic nitrogens is 2. The van der Waals surface area contributed by atoms with Crippen molar-refractivity contribution in [1.82, 2.24) is 9.55 Å². The monoisotopic (exact) mass is 474 g/mol. The molecule has 34 heavy (non-hydrogen) atoms. The lowest BCUT2D eigenvalue weighted by Gasteiger charge is -2.23. The third kappa shape index (κ3) is 6.74. The fraction of sp³-hybridized carbons (Fsp3) is 0.458. The first-order valence-corrected chi connectivity index (χ1v) is 11.0. The molecule has 10 nitrogen and oxygen atoms in total. The van der Waals surface area contributed by atoms with Crippen LogP contribution in [0, 0.1) is 5.92 Å². The first-order valence-electron chi connectivity index (χ1n) is 11.0. The molecule has 0 saturated heterocycles. The van der Waals surface area contributed by atoms with Crippen molar-refractivity contribution in [3.63, 3.8) is 0 Å². The largest absolute Gasteiger partial charge is 0.493 e. The number of nitrogens with zero attached hydrogens (tertiary/aromatic N) is 2. The van der Waals surface area contributed by atoms with E-state index < -0.39 is 17.2 Å². The number of nitrogen functional groups attached to an aromatic ring is 1. The molecule has 1 amide bonds. The summed E-state index contributed by atoms with van der Waals surface area (Å²) in [5, 5.41) is 0. The van der Waals surface area contributed by atoms with Crippen LogP contribution in [-0.2, 0) is 16.1 Å². The topological polar surface area (TPSA) is 129 Å². The highest BCUT2D eigenvalue weighted by atomic mass is 16.5. The number of H-pyrrole nitrogens is 1. The zero-order valence-electron chi connectivity index (χ0n) is 20.6. The molecule has 2 rings (SSSR count). The third-order valence-electron chi connectivity index (χ3n) is 4.79. The van der Waals surface area contributed by atoms with Crippen LogP contribution in [-0.4, -0.2) is 48.9 Å². The highest BCUT2D eigenvalue weighted by Crippen LogP contribution is 2.29. The van der Waals surface area contributed by atoms with Crippen molar-refractivity contribution in [2.75, 3.05) is 38.0 Å². The second-order valence-corrected chi connectivity index (χ2v) is 8.39. The van der Waals surface area contributed by atoms with Gasteiger partial charge in [-0.05, 0) is 43.5 Å². The van der Waals surface area contributed by atoms with Crippen LogP contribution in [0.5, 0.6) is 11.5 Å².